The summed E-state index contributed by atoms with van der Waals surface area (Å²) in [6.07, 6.45) is 5.68. The third-order valence-corrected chi connectivity index (χ3v) is 3.46. The van der Waals surface area contributed by atoms with Crippen LogP contribution in [0.3, 0.4) is 0 Å². The Labute approximate surface area is 124 Å². The SMILES string of the molecule is C=Cc1ccc(-n2cc(C#N)c(-c3ccccc3)c2)cc1. The van der Waals surface area contributed by atoms with Gasteiger partial charge in [0.1, 0.15) is 6.07 Å². The van der Waals surface area contributed by atoms with Crippen LogP contribution in [-0.2, 0) is 0 Å². The van der Waals surface area contributed by atoms with Gasteiger partial charge in [0.2, 0.25) is 0 Å². The van der Waals surface area contributed by atoms with Crippen molar-refractivity contribution in [3.63, 3.8) is 0 Å². The highest BCUT2D eigenvalue weighted by Crippen LogP contribution is 2.26. The number of hydrogen-bond donors (Lipinski definition) is 0. The monoisotopic (exact) mass is 270 g/mol. The summed E-state index contributed by atoms with van der Waals surface area (Å²) in [5.41, 5.74) is 4.78. The van der Waals surface area contributed by atoms with Crippen LogP contribution in [0.25, 0.3) is 22.9 Å². The summed E-state index contributed by atoms with van der Waals surface area (Å²) in [5.74, 6) is 0. The zero-order valence-corrected chi connectivity index (χ0v) is 11.5. The second-order valence-corrected chi connectivity index (χ2v) is 4.77. The lowest BCUT2D eigenvalue weighted by molar-refractivity contribution is 1.08. The van der Waals surface area contributed by atoms with Gasteiger partial charge >= 0.3 is 0 Å². The fraction of sp³-hybridized carbons (Fsp3) is 0. The fourth-order valence-electron chi connectivity index (χ4n) is 2.32. The minimum absolute atomic E-state index is 0.675. The van der Waals surface area contributed by atoms with Gasteiger partial charge in [-0.25, -0.2) is 0 Å². The molecule has 2 heteroatoms. The largest absolute Gasteiger partial charge is 0.322 e. The van der Waals surface area contributed by atoms with Crippen LogP contribution in [0.15, 0.2) is 73.6 Å². The summed E-state index contributed by atoms with van der Waals surface area (Å²) >= 11 is 0. The van der Waals surface area contributed by atoms with Crippen LogP contribution in [0.4, 0.5) is 0 Å². The molecule has 0 unspecified atom stereocenters. The summed E-state index contributed by atoms with van der Waals surface area (Å²) in [6.45, 7) is 3.75. The Morgan fingerprint density at radius 3 is 2.29 bits per heavy atom. The summed E-state index contributed by atoms with van der Waals surface area (Å²) < 4.78 is 1.98. The molecule has 0 aliphatic carbocycles. The average Bonchev–Trinajstić information content (AvgIpc) is 3.00. The molecule has 100 valence electrons. The van der Waals surface area contributed by atoms with E-state index in [9.17, 15) is 5.26 Å². The highest BCUT2D eigenvalue weighted by molar-refractivity contribution is 5.70. The minimum atomic E-state index is 0.675. The van der Waals surface area contributed by atoms with Gasteiger partial charge in [0.25, 0.3) is 0 Å². The van der Waals surface area contributed by atoms with Gasteiger partial charge in [0.05, 0.1) is 5.56 Å². The van der Waals surface area contributed by atoms with E-state index in [0.29, 0.717) is 5.56 Å². The third-order valence-electron chi connectivity index (χ3n) is 3.46. The molecular formula is C19H14N2. The summed E-state index contributed by atoms with van der Waals surface area (Å²) in [5, 5.41) is 9.35. The minimum Gasteiger partial charge on any atom is -0.322 e. The molecule has 0 bridgehead atoms. The molecule has 0 amide bonds. The van der Waals surface area contributed by atoms with Gasteiger partial charge in [-0.2, -0.15) is 5.26 Å². The van der Waals surface area contributed by atoms with Gasteiger partial charge in [0.15, 0.2) is 0 Å². The number of nitrogens with zero attached hydrogens (tertiary/aromatic N) is 2. The van der Waals surface area contributed by atoms with Crippen LogP contribution in [-0.4, -0.2) is 4.57 Å². The van der Waals surface area contributed by atoms with Crippen LogP contribution < -0.4 is 0 Å². The van der Waals surface area contributed by atoms with E-state index in [1.165, 1.54) is 0 Å². The van der Waals surface area contributed by atoms with E-state index in [2.05, 4.69) is 12.6 Å². The Morgan fingerprint density at radius 1 is 0.952 bits per heavy atom. The van der Waals surface area contributed by atoms with Crippen molar-refractivity contribution in [3.8, 4) is 22.9 Å². The maximum Gasteiger partial charge on any atom is 0.101 e. The van der Waals surface area contributed by atoms with E-state index in [4.69, 9.17) is 0 Å². The molecule has 0 fully saturated rings. The Morgan fingerprint density at radius 2 is 1.67 bits per heavy atom. The highest BCUT2D eigenvalue weighted by atomic mass is 14.9. The Kier molecular flexibility index (Phi) is 3.41. The van der Waals surface area contributed by atoms with E-state index in [-0.39, 0.29) is 0 Å². The summed E-state index contributed by atoms with van der Waals surface area (Å²) in [7, 11) is 0. The maximum atomic E-state index is 9.35. The molecule has 3 rings (SSSR count). The first-order chi connectivity index (χ1) is 10.3. The molecule has 0 aliphatic rings. The molecule has 1 heterocycles. The lowest BCUT2D eigenvalue weighted by Gasteiger charge is -2.03. The first-order valence-electron chi connectivity index (χ1n) is 6.72. The lowest BCUT2D eigenvalue weighted by Crippen LogP contribution is -1.89. The lowest BCUT2D eigenvalue weighted by atomic mass is 10.1. The molecule has 0 spiro atoms. The molecule has 0 radical (unpaired) electrons. The van der Waals surface area contributed by atoms with Crippen molar-refractivity contribution in [2.24, 2.45) is 0 Å². The van der Waals surface area contributed by atoms with Gasteiger partial charge in [-0.15, -0.1) is 0 Å². The highest BCUT2D eigenvalue weighted by Gasteiger charge is 2.09. The molecule has 21 heavy (non-hydrogen) atoms. The zero-order valence-electron chi connectivity index (χ0n) is 11.5. The molecule has 1 aromatic heterocycles. The number of hydrogen-bond acceptors (Lipinski definition) is 1. The van der Waals surface area contributed by atoms with E-state index in [1.807, 2.05) is 77.6 Å². The maximum absolute atomic E-state index is 9.35. The third kappa shape index (κ3) is 2.50. The van der Waals surface area contributed by atoms with Crippen molar-refractivity contribution < 1.29 is 0 Å². The molecule has 2 nitrogen and oxygen atoms in total. The van der Waals surface area contributed by atoms with Crippen LogP contribution >= 0.6 is 0 Å². The smallest absolute Gasteiger partial charge is 0.101 e. The topological polar surface area (TPSA) is 28.7 Å². The number of rotatable bonds is 3. The normalized spacial score (nSPS) is 10.0. The van der Waals surface area contributed by atoms with Gasteiger partial charge in [-0.1, -0.05) is 55.1 Å². The van der Waals surface area contributed by atoms with Crippen molar-refractivity contribution in [1.29, 1.82) is 5.26 Å². The van der Waals surface area contributed by atoms with Crippen LogP contribution in [0.2, 0.25) is 0 Å². The molecule has 0 N–H and O–H groups in total. The average molecular weight is 270 g/mol. The molecule has 0 saturated carbocycles. The van der Waals surface area contributed by atoms with Gasteiger partial charge < -0.3 is 4.57 Å². The van der Waals surface area contributed by atoms with E-state index < -0.39 is 0 Å². The molecule has 2 aromatic carbocycles. The first-order valence-corrected chi connectivity index (χ1v) is 6.72. The van der Waals surface area contributed by atoms with Crippen molar-refractivity contribution in [1.82, 2.24) is 4.57 Å². The number of benzene rings is 2. The van der Waals surface area contributed by atoms with Crippen LogP contribution in [0.1, 0.15) is 11.1 Å². The Hall–Kier alpha value is -3.05. The Bertz CT molecular complexity index is 803. The van der Waals surface area contributed by atoms with Crippen LogP contribution in [0, 0.1) is 11.3 Å². The molecular weight excluding hydrogens is 256 g/mol. The van der Waals surface area contributed by atoms with E-state index in [1.54, 1.807) is 0 Å². The second-order valence-electron chi connectivity index (χ2n) is 4.77. The Balaban J connectivity index is 2.07. The quantitative estimate of drug-likeness (QED) is 0.680. The van der Waals surface area contributed by atoms with Crippen molar-refractivity contribution in [3.05, 3.63) is 84.7 Å². The van der Waals surface area contributed by atoms with Crippen LogP contribution in [0.5, 0.6) is 0 Å². The summed E-state index contributed by atoms with van der Waals surface area (Å²) in [4.78, 5) is 0. The first kappa shape index (κ1) is 13.0. The molecule has 3 aromatic rings. The number of nitriles is 1. The van der Waals surface area contributed by atoms with Crippen molar-refractivity contribution in [2.45, 2.75) is 0 Å². The predicted molar refractivity (Wildman–Crippen MR) is 86.0 cm³/mol. The molecule has 0 saturated heterocycles. The van der Waals surface area contributed by atoms with E-state index in [0.717, 1.165) is 22.4 Å². The second kappa shape index (κ2) is 5.52. The number of aromatic nitrogens is 1. The van der Waals surface area contributed by atoms with Crippen molar-refractivity contribution >= 4 is 6.08 Å². The summed E-state index contributed by atoms with van der Waals surface area (Å²) in [6, 6.07) is 20.3. The van der Waals surface area contributed by atoms with Gasteiger partial charge in [-0.05, 0) is 23.3 Å². The van der Waals surface area contributed by atoms with Crippen molar-refractivity contribution in [2.75, 3.05) is 0 Å². The predicted octanol–water partition coefficient (Wildman–Crippen LogP) is 4.66. The molecule has 0 aliphatic heterocycles. The standard InChI is InChI=1S/C19H14N2/c1-2-15-8-10-18(11-9-15)21-13-17(12-20)19(14-21)16-6-4-3-5-7-16/h2-11,13-14H,1H2. The van der Waals surface area contributed by atoms with Gasteiger partial charge in [0, 0.05) is 23.6 Å². The molecule has 0 atom stereocenters. The zero-order chi connectivity index (χ0) is 14.7. The van der Waals surface area contributed by atoms with Gasteiger partial charge in [-0.3, -0.25) is 0 Å². The van der Waals surface area contributed by atoms with E-state index >= 15 is 0 Å². The fourth-order valence-corrected chi connectivity index (χ4v) is 2.32.